The summed E-state index contributed by atoms with van der Waals surface area (Å²) in [6.07, 6.45) is 2.03. The van der Waals surface area contributed by atoms with Crippen molar-refractivity contribution in [2.75, 3.05) is 6.61 Å². The minimum Gasteiger partial charge on any atom is -0.452 e. The maximum Gasteiger partial charge on any atom is 0.339 e. The Labute approximate surface area is 135 Å². The van der Waals surface area contributed by atoms with Crippen LogP contribution in [0.5, 0.6) is 0 Å². The van der Waals surface area contributed by atoms with Crippen LogP contribution in [0.4, 0.5) is 0 Å². The molecule has 1 amide bonds. The van der Waals surface area contributed by atoms with Crippen LogP contribution in [0, 0.1) is 0 Å². The fourth-order valence-corrected chi connectivity index (χ4v) is 3.09. The summed E-state index contributed by atoms with van der Waals surface area (Å²) in [5, 5.41) is 4.86. The van der Waals surface area contributed by atoms with Crippen LogP contribution in [-0.2, 0) is 22.4 Å². The summed E-state index contributed by atoms with van der Waals surface area (Å²) in [5.41, 5.74) is 2.73. The first-order valence-corrected chi connectivity index (χ1v) is 7.87. The van der Waals surface area contributed by atoms with Gasteiger partial charge in [-0.2, -0.15) is 0 Å². The third kappa shape index (κ3) is 3.21. The fraction of sp³-hybridized carbons (Fsp3) is 0.368. The van der Waals surface area contributed by atoms with E-state index >= 15 is 0 Å². The van der Waals surface area contributed by atoms with Gasteiger partial charge in [0, 0.05) is 5.54 Å². The lowest BCUT2D eigenvalue weighted by Crippen LogP contribution is -2.42. The Bertz CT molecular complexity index is 777. The van der Waals surface area contributed by atoms with Crippen LogP contribution in [0.25, 0.3) is 10.8 Å². The Kier molecular flexibility index (Phi) is 3.84. The zero-order valence-electron chi connectivity index (χ0n) is 13.7. The second-order valence-corrected chi connectivity index (χ2v) is 6.99. The summed E-state index contributed by atoms with van der Waals surface area (Å²) in [6, 6.07) is 9.81. The van der Waals surface area contributed by atoms with Crippen molar-refractivity contribution in [3.8, 4) is 0 Å². The first-order valence-electron chi connectivity index (χ1n) is 7.87. The summed E-state index contributed by atoms with van der Waals surface area (Å²) in [6.45, 7) is 5.39. The normalized spacial score (nSPS) is 13.2. The van der Waals surface area contributed by atoms with E-state index in [1.54, 1.807) is 6.07 Å². The fourth-order valence-electron chi connectivity index (χ4n) is 3.09. The van der Waals surface area contributed by atoms with Gasteiger partial charge in [0.25, 0.3) is 5.91 Å². The monoisotopic (exact) mass is 311 g/mol. The van der Waals surface area contributed by atoms with E-state index in [2.05, 4.69) is 11.4 Å². The number of aryl methyl sites for hydroxylation is 2. The maximum atomic E-state index is 12.4. The van der Waals surface area contributed by atoms with Crippen molar-refractivity contribution in [1.29, 1.82) is 0 Å². The largest absolute Gasteiger partial charge is 0.452 e. The molecule has 3 rings (SSSR count). The first kappa shape index (κ1) is 15.5. The average molecular weight is 311 g/mol. The van der Waals surface area contributed by atoms with E-state index in [1.807, 2.05) is 39.0 Å². The first-order chi connectivity index (χ1) is 10.8. The number of esters is 1. The Morgan fingerprint density at radius 1 is 1.09 bits per heavy atom. The molecule has 1 aliphatic carbocycles. The molecule has 0 saturated heterocycles. The molecule has 0 bridgehead atoms. The smallest absolute Gasteiger partial charge is 0.339 e. The predicted octanol–water partition coefficient (Wildman–Crippen LogP) is 3.01. The van der Waals surface area contributed by atoms with Gasteiger partial charge in [-0.3, -0.25) is 4.79 Å². The van der Waals surface area contributed by atoms with Gasteiger partial charge < -0.3 is 10.1 Å². The molecule has 0 atom stereocenters. The van der Waals surface area contributed by atoms with Crippen LogP contribution >= 0.6 is 0 Å². The number of carbonyl (C=O) groups is 2. The van der Waals surface area contributed by atoms with E-state index in [4.69, 9.17) is 4.74 Å². The molecule has 2 aromatic carbocycles. The molecule has 23 heavy (non-hydrogen) atoms. The molecule has 0 aromatic heterocycles. The van der Waals surface area contributed by atoms with Crippen LogP contribution in [-0.4, -0.2) is 24.0 Å². The topological polar surface area (TPSA) is 55.4 Å². The van der Waals surface area contributed by atoms with E-state index in [-0.39, 0.29) is 18.1 Å². The van der Waals surface area contributed by atoms with Gasteiger partial charge in [0.05, 0.1) is 5.56 Å². The number of rotatable bonds is 3. The van der Waals surface area contributed by atoms with Gasteiger partial charge in [-0.05, 0) is 61.6 Å². The Balaban J connectivity index is 1.79. The molecule has 0 radical (unpaired) electrons. The zero-order valence-corrected chi connectivity index (χ0v) is 13.7. The highest BCUT2D eigenvalue weighted by molar-refractivity contribution is 6.07. The molecule has 2 aromatic rings. The van der Waals surface area contributed by atoms with Crippen LogP contribution < -0.4 is 5.32 Å². The average Bonchev–Trinajstić information content (AvgIpc) is 2.89. The van der Waals surface area contributed by atoms with E-state index in [0.29, 0.717) is 5.56 Å². The van der Waals surface area contributed by atoms with Crippen LogP contribution in [0.15, 0.2) is 30.3 Å². The highest BCUT2D eigenvalue weighted by Crippen LogP contribution is 2.32. The standard InChI is InChI=1S/C19H21NO3/c1-19(2,3)20-16(21)11-23-18(22)15-10-9-13-8-7-12-5-4-6-14(15)17(12)13/h4-6,9-10H,7-8,11H2,1-3H3,(H,20,21). The van der Waals surface area contributed by atoms with E-state index in [9.17, 15) is 9.59 Å². The van der Waals surface area contributed by atoms with Gasteiger partial charge in [-0.15, -0.1) is 0 Å². The van der Waals surface area contributed by atoms with Gasteiger partial charge in [0.1, 0.15) is 0 Å². The second kappa shape index (κ2) is 5.69. The van der Waals surface area contributed by atoms with Gasteiger partial charge in [0.2, 0.25) is 0 Å². The number of hydrogen-bond acceptors (Lipinski definition) is 3. The van der Waals surface area contributed by atoms with Crippen LogP contribution in [0.1, 0.15) is 42.3 Å². The quantitative estimate of drug-likeness (QED) is 0.887. The summed E-state index contributed by atoms with van der Waals surface area (Å²) >= 11 is 0. The van der Waals surface area contributed by atoms with Crippen molar-refractivity contribution in [2.45, 2.75) is 39.2 Å². The summed E-state index contributed by atoms with van der Waals surface area (Å²) in [4.78, 5) is 24.2. The zero-order chi connectivity index (χ0) is 16.6. The number of carbonyl (C=O) groups excluding carboxylic acids is 2. The van der Waals surface area contributed by atoms with Crippen LogP contribution in [0.3, 0.4) is 0 Å². The highest BCUT2D eigenvalue weighted by Gasteiger charge is 2.20. The molecule has 0 saturated carbocycles. The highest BCUT2D eigenvalue weighted by atomic mass is 16.5. The summed E-state index contributed by atoms with van der Waals surface area (Å²) < 4.78 is 5.19. The van der Waals surface area contributed by atoms with Crippen molar-refractivity contribution >= 4 is 22.6 Å². The molecule has 0 aliphatic heterocycles. The number of benzene rings is 2. The SMILES string of the molecule is CC(C)(C)NC(=O)COC(=O)c1ccc2c3c(cccc13)CC2. The molecule has 120 valence electrons. The second-order valence-electron chi connectivity index (χ2n) is 6.99. The molecule has 4 heteroatoms. The number of hydrogen-bond donors (Lipinski definition) is 1. The summed E-state index contributed by atoms with van der Waals surface area (Å²) in [7, 11) is 0. The molecule has 0 heterocycles. The maximum absolute atomic E-state index is 12.4. The van der Waals surface area contributed by atoms with Crippen molar-refractivity contribution in [2.24, 2.45) is 0 Å². The number of nitrogens with one attached hydrogen (secondary N) is 1. The minimum atomic E-state index is -0.454. The molecule has 0 spiro atoms. The molecule has 1 N–H and O–H groups in total. The molecular formula is C19H21NO3. The number of amides is 1. The van der Waals surface area contributed by atoms with Crippen molar-refractivity contribution < 1.29 is 14.3 Å². The van der Waals surface area contributed by atoms with E-state index < -0.39 is 5.97 Å². The lowest BCUT2D eigenvalue weighted by molar-refractivity contribution is -0.125. The molecular weight excluding hydrogens is 290 g/mol. The van der Waals surface area contributed by atoms with Gasteiger partial charge in [0.15, 0.2) is 6.61 Å². The van der Waals surface area contributed by atoms with Crippen molar-refractivity contribution in [1.82, 2.24) is 5.32 Å². The number of ether oxygens (including phenoxy) is 1. The van der Waals surface area contributed by atoms with Gasteiger partial charge in [-0.25, -0.2) is 4.79 Å². The Hall–Kier alpha value is -2.36. The van der Waals surface area contributed by atoms with Crippen molar-refractivity contribution in [3.63, 3.8) is 0 Å². The predicted molar refractivity (Wildman–Crippen MR) is 89.5 cm³/mol. The van der Waals surface area contributed by atoms with E-state index in [0.717, 1.165) is 18.2 Å². The van der Waals surface area contributed by atoms with Crippen LogP contribution in [0.2, 0.25) is 0 Å². The van der Waals surface area contributed by atoms with Gasteiger partial charge in [-0.1, -0.05) is 24.3 Å². The molecule has 1 aliphatic rings. The summed E-state index contributed by atoms with van der Waals surface area (Å²) in [5.74, 6) is -0.749. The van der Waals surface area contributed by atoms with E-state index in [1.165, 1.54) is 16.5 Å². The Morgan fingerprint density at radius 3 is 2.48 bits per heavy atom. The van der Waals surface area contributed by atoms with Gasteiger partial charge >= 0.3 is 5.97 Å². The molecule has 0 unspecified atom stereocenters. The third-order valence-electron chi connectivity index (χ3n) is 3.95. The van der Waals surface area contributed by atoms with Crippen molar-refractivity contribution in [3.05, 3.63) is 47.0 Å². The molecule has 0 fully saturated rings. The lowest BCUT2D eigenvalue weighted by Gasteiger charge is -2.20. The lowest BCUT2D eigenvalue weighted by atomic mass is 10.00. The molecule has 4 nitrogen and oxygen atoms in total. The Morgan fingerprint density at radius 2 is 1.78 bits per heavy atom. The minimum absolute atomic E-state index is 0.265. The third-order valence-corrected chi connectivity index (χ3v) is 3.95.